The lowest BCUT2D eigenvalue weighted by Gasteiger charge is -2.19. The van der Waals surface area contributed by atoms with E-state index in [4.69, 9.17) is 9.84 Å². The zero-order valence-electron chi connectivity index (χ0n) is 5.49. The summed E-state index contributed by atoms with van der Waals surface area (Å²) in [6.45, 7) is 0.635. The summed E-state index contributed by atoms with van der Waals surface area (Å²) in [6.07, 6.45) is 1.21. The molecule has 2 aliphatic heterocycles. The van der Waals surface area contributed by atoms with Crippen LogP contribution in [-0.4, -0.2) is 35.0 Å². The van der Waals surface area contributed by atoms with Crippen molar-refractivity contribution in [2.45, 2.75) is 25.2 Å². The fourth-order valence-corrected chi connectivity index (χ4v) is 1.41. The quantitative estimate of drug-likeness (QED) is 0.502. The molecule has 4 heteroatoms. The highest BCUT2D eigenvalue weighted by molar-refractivity contribution is 5.65. The van der Waals surface area contributed by atoms with E-state index < -0.39 is 6.09 Å². The van der Waals surface area contributed by atoms with Crippen LogP contribution in [0.4, 0.5) is 4.79 Å². The Balaban J connectivity index is 2.02. The maximum absolute atomic E-state index is 10.4. The first kappa shape index (κ1) is 5.97. The van der Waals surface area contributed by atoms with Gasteiger partial charge in [0.1, 0.15) is 6.10 Å². The molecule has 4 nitrogen and oxygen atoms in total. The van der Waals surface area contributed by atoms with E-state index in [-0.39, 0.29) is 12.3 Å². The summed E-state index contributed by atoms with van der Waals surface area (Å²) in [5, 5.41) is 8.58. The Hall–Kier alpha value is -0.770. The van der Waals surface area contributed by atoms with Crippen LogP contribution in [0.1, 0.15) is 12.8 Å². The molecule has 2 fully saturated rings. The number of hydrogen-bond donors (Lipinski definition) is 1. The van der Waals surface area contributed by atoms with E-state index in [9.17, 15) is 4.79 Å². The predicted octanol–water partition coefficient (Wildman–Crippen LogP) is 0.485. The molecule has 2 heterocycles. The van der Waals surface area contributed by atoms with E-state index in [2.05, 4.69) is 0 Å². The van der Waals surface area contributed by atoms with Crippen molar-refractivity contribution in [3.63, 3.8) is 0 Å². The van der Waals surface area contributed by atoms with Gasteiger partial charge in [-0.05, 0) is 12.8 Å². The zero-order valence-corrected chi connectivity index (χ0v) is 5.49. The molecule has 2 unspecified atom stereocenters. The van der Waals surface area contributed by atoms with Gasteiger partial charge >= 0.3 is 6.09 Å². The van der Waals surface area contributed by atoms with Gasteiger partial charge in [0.2, 0.25) is 0 Å². The number of amides is 1. The Kier molecular flexibility index (Phi) is 1.11. The number of piperidine rings is 1. The van der Waals surface area contributed by atoms with E-state index >= 15 is 0 Å². The van der Waals surface area contributed by atoms with E-state index in [1.165, 1.54) is 4.90 Å². The fraction of sp³-hybridized carbons (Fsp3) is 0.833. The molecule has 0 radical (unpaired) electrons. The van der Waals surface area contributed by atoms with Gasteiger partial charge in [-0.2, -0.15) is 0 Å². The lowest BCUT2D eigenvalue weighted by Crippen LogP contribution is -2.37. The summed E-state index contributed by atoms with van der Waals surface area (Å²) < 4.78 is 5.10. The molecule has 1 N–H and O–H groups in total. The molecule has 0 bridgehead atoms. The molecular weight excluding hydrogens is 134 g/mol. The molecule has 0 saturated carbocycles. The van der Waals surface area contributed by atoms with Crippen molar-refractivity contribution in [2.75, 3.05) is 6.54 Å². The third-order valence-corrected chi connectivity index (χ3v) is 2.00. The van der Waals surface area contributed by atoms with Crippen molar-refractivity contribution >= 4 is 6.09 Å². The largest absolute Gasteiger partial charge is 0.465 e. The normalized spacial score (nSPS) is 37.0. The van der Waals surface area contributed by atoms with Crippen LogP contribution in [0.2, 0.25) is 0 Å². The van der Waals surface area contributed by atoms with Crippen LogP contribution in [0.15, 0.2) is 0 Å². The van der Waals surface area contributed by atoms with Crippen LogP contribution in [0.5, 0.6) is 0 Å². The Labute approximate surface area is 58.4 Å². The van der Waals surface area contributed by atoms with Gasteiger partial charge in [0.05, 0.1) is 0 Å². The van der Waals surface area contributed by atoms with Crippen molar-refractivity contribution in [3.05, 3.63) is 0 Å². The highest BCUT2D eigenvalue weighted by Crippen LogP contribution is 2.34. The van der Waals surface area contributed by atoms with Gasteiger partial charge in [-0.3, -0.25) is 4.90 Å². The number of likely N-dealkylation sites (tertiary alicyclic amines) is 1. The molecule has 1 amide bonds. The molecule has 2 atom stereocenters. The third kappa shape index (κ3) is 0.759. The van der Waals surface area contributed by atoms with Gasteiger partial charge in [-0.15, -0.1) is 0 Å². The maximum Gasteiger partial charge on any atom is 0.409 e. The lowest BCUT2D eigenvalue weighted by molar-refractivity contribution is 0.119. The highest BCUT2D eigenvalue weighted by Gasteiger charge is 2.48. The Morgan fingerprint density at radius 2 is 2.50 bits per heavy atom. The number of fused-ring (bicyclic) bond motifs is 1. The summed E-state index contributed by atoms with van der Waals surface area (Å²) >= 11 is 0. The summed E-state index contributed by atoms with van der Waals surface area (Å²) in [6, 6.07) is 0. The van der Waals surface area contributed by atoms with Crippen LogP contribution in [0.25, 0.3) is 0 Å². The van der Waals surface area contributed by atoms with Crippen molar-refractivity contribution in [2.24, 2.45) is 0 Å². The fourth-order valence-electron chi connectivity index (χ4n) is 1.41. The monoisotopic (exact) mass is 143 g/mol. The second-order valence-corrected chi connectivity index (χ2v) is 2.68. The number of carbonyl (C=O) groups is 1. The molecule has 0 aromatic heterocycles. The number of nitrogens with zero attached hydrogens (tertiary/aromatic N) is 1. The number of carboxylic acid groups (broad SMARTS) is 1. The third-order valence-electron chi connectivity index (χ3n) is 2.00. The minimum Gasteiger partial charge on any atom is -0.465 e. The van der Waals surface area contributed by atoms with Crippen LogP contribution in [-0.2, 0) is 4.74 Å². The van der Waals surface area contributed by atoms with Gasteiger partial charge in [-0.25, -0.2) is 4.79 Å². The van der Waals surface area contributed by atoms with Gasteiger partial charge < -0.3 is 9.84 Å². The van der Waals surface area contributed by atoms with Crippen molar-refractivity contribution in [3.8, 4) is 0 Å². The molecule has 0 aliphatic carbocycles. The first-order valence-electron chi connectivity index (χ1n) is 3.44. The van der Waals surface area contributed by atoms with Crippen molar-refractivity contribution < 1.29 is 14.6 Å². The summed E-state index contributed by atoms with van der Waals surface area (Å²) in [7, 11) is 0. The lowest BCUT2D eigenvalue weighted by atomic mass is 10.1. The Morgan fingerprint density at radius 1 is 1.70 bits per heavy atom. The van der Waals surface area contributed by atoms with E-state index in [1.54, 1.807) is 0 Å². The minimum absolute atomic E-state index is 0.105. The molecule has 2 saturated heterocycles. The number of rotatable bonds is 0. The number of ether oxygens (including phenoxy) is 1. The molecule has 2 rings (SSSR count). The SMILES string of the molecule is O=C(O)N1CCCC2OC21. The molecule has 10 heavy (non-hydrogen) atoms. The molecular formula is C6H9NO3. The van der Waals surface area contributed by atoms with E-state index in [0.717, 1.165) is 12.8 Å². The van der Waals surface area contributed by atoms with Crippen LogP contribution < -0.4 is 0 Å². The molecule has 0 aromatic rings. The van der Waals surface area contributed by atoms with Gasteiger partial charge in [-0.1, -0.05) is 0 Å². The topological polar surface area (TPSA) is 53.1 Å². The Morgan fingerprint density at radius 3 is 3.10 bits per heavy atom. The first-order valence-corrected chi connectivity index (χ1v) is 3.44. The summed E-state index contributed by atoms with van der Waals surface area (Å²) in [5.41, 5.74) is 0. The van der Waals surface area contributed by atoms with Gasteiger partial charge in [0.25, 0.3) is 0 Å². The summed E-state index contributed by atoms with van der Waals surface area (Å²) in [4.78, 5) is 11.8. The number of hydrogen-bond acceptors (Lipinski definition) is 2. The van der Waals surface area contributed by atoms with Gasteiger partial charge in [0.15, 0.2) is 6.23 Å². The van der Waals surface area contributed by atoms with Crippen molar-refractivity contribution in [1.82, 2.24) is 4.90 Å². The second-order valence-electron chi connectivity index (χ2n) is 2.68. The minimum atomic E-state index is -0.854. The summed E-state index contributed by atoms with van der Waals surface area (Å²) in [5.74, 6) is 0. The number of epoxide rings is 1. The zero-order chi connectivity index (χ0) is 7.14. The molecule has 56 valence electrons. The van der Waals surface area contributed by atoms with Crippen LogP contribution in [0.3, 0.4) is 0 Å². The van der Waals surface area contributed by atoms with Crippen LogP contribution in [0, 0.1) is 0 Å². The second kappa shape index (κ2) is 1.85. The smallest absolute Gasteiger partial charge is 0.409 e. The molecule has 2 aliphatic rings. The predicted molar refractivity (Wildman–Crippen MR) is 32.6 cm³/mol. The maximum atomic E-state index is 10.4. The first-order chi connectivity index (χ1) is 4.79. The molecule has 0 aromatic carbocycles. The molecule has 0 spiro atoms. The van der Waals surface area contributed by atoms with Gasteiger partial charge in [0, 0.05) is 6.54 Å². The standard InChI is InChI=1S/C6H9NO3/c8-6(9)7-3-1-2-4-5(7)10-4/h4-5H,1-3H2,(H,8,9). The average Bonchev–Trinajstić information content (AvgIpc) is 2.63. The van der Waals surface area contributed by atoms with Crippen LogP contribution >= 0.6 is 0 Å². The average molecular weight is 143 g/mol. The van der Waals surface area contributed by atoms with E-state index in [0.29, 0.717) is 6.54 Å². The Bertz CT molecular complexity index is 170. The highest BCUT2D eigenvalue weighted by atomic mass is 16.6. The van der Waals surface area contributed by atoms with E-state index in [1.807, 2.05) is 0 Å². The van der Waals surface area contributed by atoms with Crippen molar-refractivity contribution in [1.29, 1.82) is 0 Å².